The Bertz CT molecular complexity index is 7380. The Balaban J connectivity index is 0.000000143. The standard InChI is InChI=1S/C59H38N2.C55H36N2/c1-4-15-39(16-5-1)55-35-30-40-27-28-41-31-36-56(61-58(41)57(40)60-55)44-18-14-17-42(37-44)47-33-34-48(50-24-11-10-23-49(47)50)43-29-32-52-51-25-12-13-26-53(51)59(54(52)38-43,45-19-6-2-7-20-45)46-21-8-3-9-22-46;1-4-13-39(14-5-1)51-33-30-40-27-28-41-31-34-52(57-54(41)53(40)56-51)44-16-12-15-42(35-44)37-23-25-38(26-24-37)43-29-32-48-47-21-10-11-22-49(47)55(50(48)36-43,45-17-6-2-7-18-45)46-19-8-3-9-20-46/h1-38H;1-36H. The lowest BCUT2D eigenvalue weighted by Gasteiger charge is -2.34. The van der Waals surface area contributed by atoms with Gasteiger partial charge in [0.25, 0.3) is 0 Å². The largest absolute Gasteiger partial charge is 0.245 e. The van der Waals surface area contributed by atoms with Crippen LogP contribution in [0.4, 0.5) is 0 Å². The Morgan fingerprint density at radius 1 is 0.144 bits per heavy atom. The molecule has 4 heterocycles. The van der Waals surface area contributed by atoms with E-state index in [2.05, 4.69) is 437 Å². The highest BCUT2D eigenvalue weighted by Gasteiger charge is 2.48. The molecule has 4 aromatic heterocycles. The molecular weight excluding hydrogens is 1430 g/mol. The summed E-state index contributed by atoms with van der Waals surface area (Å²) in [7, 11) is 0. The highest BCUT2D eigenvalue weighted by molar-refractivity contribution is 6.08. The third-order valence-electron chi connectivity index (χ3n) is 24.5. The van der Waals surface area contributed by atoms with Gasteiger partial charge >= 0.3 is 0 Å². The van der Waals surface area contributed by atoms with E-state index >= 15 is 0 Å². The molecular formula is C114H74N4. The van der Waals surface area contributed by atoms with Crippen molar-refractivity contribution in [3.05, 3.63) is 493 Å². The van der Waals surface area contributed by atoms with Crippen molar-refractivity contribution in [1.29, 1.82) is 0 Å². The lowest BCUT2D eigenvalue weighted by molar-refractivity contribution is 0.769. The summed E-state index contributed by atoms with van der Waals surface area (Å²) in [6.45, 7) is 0. The van der Waals surface area contributed by atoms with E-state index in [-0.39, 0.29) is 0 Å². The van der Waals surface area contributed by atoms with Crippen LogP contribution in [0.2, 0.25) is 0 Å². The molecule has 550 valence electrons. The van der Waals surface area contributed by atoms with Crippen LogP contribution in [0.25, 0.3) is 166 Å². The van der Waals surface area contributed by atoms with Crippen LogP contribution in [0.3, 0.4) is 0 Å². The second kappa shape index (κ2) is 28.9. The molecule has 0 bridgehead atoms. The molecule has 0 fully saturated rings. The number of rotatable bonds is 12. The topological polar surface area (TPSA) is 51.6 Å². The van der Waals surface area contributed by atoms with Crippen molar-refractivity contribution in [1.82, 2.24) is 19.9 Å². The second-order valence-corrected chi connectivity index (χ2v) is 31.0. The maximum atomic E-state index is 5.30. The third-order valence-corrected chi connectivity index (χ3v) is 24.5. The predicted octanol–water partition coefficient (Wildman–Crippen LogP) is 28.8. The molecule has 0 unspecified atom stereocenters. The Labute approximate surface area is 685 Å². The molecule has 2 aliphatic rings. The number of aromatic nitrogens is 4. The summed E-state index contributed by atoms with van der Waals surface area (Å²) in [6, 6.07) is 162. The van der Waals surface area contributed by atoms with Crippen LogP contribution in [0, 0.1) is 0 Å². The van der Waals surface area contributed by atoms with Gasteiger partial charge in [0.15, 0.2) is 0 Å². The SMILES string of the molecule is c1ccc(-c2ccc3ccc4ccc(-c5cccc(-c6ccc(-c7ccc8c(c7)C(c7ccccc7)(c7ccccc7)c7ccccc7-8)c7ccccc67)c5)nc4c3n2)cc1.c1ccc(-c2ccc3ccc4ccc(-c5cccc(-c6ccc(-c7ccc8c(c7)C(c7ccccc7)(c7ccccc7)c7ccccc7-8)cc6)c5)nc4c3n2)cc1. The van der Waals surface area contributed by atoms with E-state index in [1.807, 2.05) is 12.1 Å². The van der Waals surface area contributed by atoms with Crippen molar-refractivity contribution in [2.45, 2.75) is 10.8 Å². The fraction of sp³-hybridized carbons (Fsp3) is 0.0175. The first-order valence-corrected chi connectivity index (χ1v) is 40.5. The first-order chi connectivity index (χ1) is 58.5. The lowest BCUT2D eigenvalue weighted by atomic mass is 9.67. The zero-order chi connectivity index (χ0) is 78.1. The average Bonchev–Trinajstić information content (AvgIpc) is 1.55. The van der Waals surface area contributed by atoms with Crippen LogP contribution >= 0.6 is 0 Å². The molecule has 0 radical (unpaired) electrons. The molecule has 2 aliphatic carbocycles. The van der Waals surface area contributed by atoms with Gasteiger partial charge in [-0.3, -0.25) is 0 Å². The normalized spacial score (nSPS) is 12.7. The number of fused-ring (bicyclic) bond motifs is 13. The first-order valence-electron chi connectivity index (χ1n) is 40.5. The quantitative estimate of drug-likeness (QED) is 0.114. The number of hydrogen-bond donors (Lipinski definition) is 0. The predicted molar refractivity (Wildman–Crippen MR) is 490 cm³/mol. The van der Waals surface area contributed by atoms with Gasteiger partial charge in [0.05, 0.1) is 55.7 Å². The van der Waals surface area contributed by atoms with E-state index in [0.29, 0.717) is 0 Å². The monoisotopic (exact) mass is 1500 g/mol. The van der Waals surface area contributed by atoms with Crippen LogP contribution in [-0.2, 0) is 10.8 Å². The summed E-state index contributed by atoms with van der Waals surface area (Å²) in [5.41, 5.74) is 35.9. The van der Waals surface area contributed by atoms with Crippen LogP contribution in [0.5, 0.6) is 0 Å². The molecule has 0 saturated carbocycles. The van der Waals surface area contributed by atoms with E-state index in [0.717, 1.165) is 105 Å². The Kier molecular flexibility index (Phi) is 17.0. The molecule has 4 nitrogen and oxygen atoms in total. The second-order valence-electron chi connectivity index (χ2n) is 31.0. The Hall–Kier alpha value is -15.4. The summed E-state index contributed by atoms with van der Waals surface area (Å²) in [5, 5.41) is 6.76. The molecule has 0 saturated heterocycles. The number of hydrogen-bond acceptors (Lipinski definition) is 4. The summed E-state index contributed by atoms with van der Waals surface area (Å²) >= 11 is 0. The third kappa shape index (κ3) is 11.7. The molecule has 0 aliphatic heterocycles. The van der Waals surface area contributed by atoms with Crippen molar-refractivity contribution in [2.24, 2.45) is 0 Å². The molecule has 4 heteroatoms. The van der Waals surface area contributed by atoms with E-state index < -0.39 is 10.8 Å². The van der Waals surface area contributed by atoms with Crippen molar-refractivity contribution in [3.8, 4) is 112 Å². The molecule has 0 spiro atoms. The van der Waals surface area contributed by atoms with E-state index in [1.165, 1.54) is 105 Å². The summed E-state index contributed by atoms with van der Waals surface area (Å²) in [5.74, 6) is 0. The molecule has 118 heavy (non-hydrogen) atoms. The lowest BCUT2D eigenvalue weighted by Crippen LogP contribution is -2.28. The molecule has 0 atom stereocenters. The average molecular weight is 1500 g/mol. The van der Waals surface area contributed by atoms with Crippen LogP contribution < -0.4 is 0 Å². The summed E-state index contributed by atoms with van der Waals surface area (Å²) in [4.78, 5) is 20.8. The van der Waals surface area contributed by atoms with Gasteiger partial charge in [-0.05, 0) is 171 Å². The summed E-state index contributed by atoms with van der Waals surface area (Å²) < 4.78 is 0. The summed E-state index contributed by atoms with van der Waals surface area (Å²) in [6.07, 6.45) is 0. The molecule has 0 amide bonds. The fourth-order valence-electron chi connectivity index (χ4n) is 19.0. The minimum atomic E-state index is -0.454. The van der Waals surface area contributed by atoms with Gasteiger partial charge in [0.1, 0.15) is 0 Å². The Morgan fingerprint density at radius 2 is 0.398 bits per heavy atom. The molecule has 21 aromatic rings. The van der Waals surface area contributed by atoms with Gasteiger partial charge in [-0.25, -0.2) is 19.9 Å². The molecule has 23 rings (SSSR count). The van der Waals surface area contributed by atoms with E-state index in [9.17, 15) is 0 Å². The number of pyridine rings is 4. The van der Waals surface area contributed by atoms with Gasteiger partial charge in [-0.1, -0.05) is 400 Å². The van der Waals surface area contributed by atoms with Crippen molar-refractivity contribution in [2.75, 3.05) is 0 Å². The van der Waals surface area contributed by atoms with Crippen LogP contribution in [-0.4, -0.2) is 19.9 Å². The molecule has 17 aromatic carbocycles. The first kappa shape index (κ1) is 69.4. The maximum Gasteiger partial charge on any atom is 0.0972 e. The zero-order valence-electron chi connectivity index (χ0n) is 64.5. The molecule has 0 N–H and O–H groups in total. The zero-order valence-corrected chi connectivity index (χ0v) is 64.5. The number of nitrogens with zero attached hydrogens (tertiary/aromatic N) is 4. The highest BCUT2D eigenvalue weighted by Crippen LogP contribution is 2.59. The van der Waals surface area contributed by atoms with Crippen LogP contribution in [0.1, 0.15) is 44.5 Å². The van der Waals surface area contributed by atoms with Crippen molar-refractivity contribution >= 4 is 54.4 Å². The number of benzene rings is 17. The van der Waals surface area contributed by atoms with Gasteiger partial charge in [0, 0.05) is 43.8 Å². The van der Waals surface area contributed by atoms with Gasteiger partial charge in [0.2, 0.25) is 0 Å². The highest BCUT2D eigenvalue weighted by atomic mass is 14.8. The Morgan fingerprint density at radius 3 is 0.797 bits per heavy atom. The van der Waals surface area contributed by atoms with E-state index in [4.69, 9.17) is 19.9 Å². The van der Waals surface area contributed by atoms with Gasteiger partial charge in [-0.2, -0.15) is 0 Å². The van der Waals surface area contributed by atoms with Gasteiger partial charge < -0.3 is 0 Å². The van der Waals surface area contributed by atoms with Crippen molar-refractivity contribution in [3.63, 3.8) is 0 Å². The van der Waals surface area contributed by atoms with Crippen LogP contribution in [0.15, 0.2) is 449 Å². The fourth-order valence-corrected chi connectivity index (χ4v) is 19.0. The smallest absolute Gasteiger partial charge is 0.0972 e. The van der Waals surface area contributed by atoms with Gasteiger partial charge in [-0.15, -0.1) is 0 Å². The van der Waals surface area contributed by atoms with Crippen molar-refractivity contribution < 1.29 is 0 Å². The minimum absolute atomic E-state index is 0.422. The minimum Gasteiger partial charge on any atom is -0.245 e. The maximum absolute atomic E-state index is 5.30. The van der Waals surface area contributed by atoms with E-state index in [1.54, 1.807) is 0 Å².